The molecule has 0 spiro atoms. The van der Waals surface area contributed by atoms with Crippen LogP contribution in [0, 0.1) is 0 Å². The molecule has 0 aliphatic rings. The van der Waals surface area contributed by atoms with Crippen molar-refractivity contribution in [1.29, 1.82) is 0 Å². The average Bonchev–Trinajstić information content (AvgIpc) is 2.05. The van der Waals surface area contributed by atoms with Gasteiger partial charge in [0.2, 0.25) is 0 Å². The molecule has 0 unspecified atom stereocenters. The van der Waals surface area contributed by atoms with E-state index in [9.17, 15) is 4.79 Å². The summed E-state index contributed by atoms with van der Waals surface area (Å²) in [5.74, 6) is -0.0781. The zero-order valence-electron chi connectivity index (χ0n) is 6.48. The first-order chi connectivity index (χ1) is 5.22. The van der Waals surface area contributed by atoms with Crippen molar-refractivity contribution in [3.8, 4) is 0 Å². The summed E-state index contributed by atoms with van der Waals surface area (Å²) >= 11 is 0. The average molecular weight is 151 g/mol. The second kappa shape index (κ2) is 3.09. The Labute approximate surface area is 64.9 Å². The fourth-order valence-corrected chi connectivity index (χ4v) is 0.668. The third-order valence-corrected chi connectivity index (χ3v) is 1.21. The molecule has 0 N–H and O–H groups in total. The van der Waals surface area contributed by atoms with Crippen LogP contribution in [0.4, 0.5) is 0 Å². The van der Waals surface area contributed by atoms with E-state index in [2.05, 4.69) is 9.97 Å². The largest absolute Gasteiger partial charge is 0.345 e. The maximum Gasteiger partial charge on any atom is 0.256 e. The van der Waals surface area contributed by atoms with Gasteiger partial charge >= 0.3 is 0 Å². The quantitative estimate of drug-likeness (QED) is 0.575. The lowest BCUT2D eigenvalue weighted by Crippen LogP contribution is -2.21. The number of amides is 1. The van der Waals surface area contributed by atoms with Crippen molar-refractivity contribution in [2.45, 2.75) is 0 Å². The van der Waals surface area contributed by atoms with Gasteiger partial charge in [0.15, 0.2) is 0 Å². The fraction of sp³-hybridized carbons (Fsp3) is 0.286. The second-order valence-corrected chi connectivity index (χ2v) is 2.33. The molecule has 1 aromatic heterocycles. The van der Waals surface area contributed by atoms with Gasteiger partial charge in [-0.25, -0.2) is 9.97 Å². The number of nitrogens with zero attached hydrogens (tertiary/aromatic N) is 3. The predicted octanol–water partition coefficient (Wildman–Crippen LogP) is 0.178. The van der Waals surface area contributed by atoms with E-state index in [1.165, 1.54) is 23.6 Å². The van der Waals surface area contributed by atoms with Crippen molar-refractivity contribution >= 4 is 5.91 Å². The van der Waals surface area contributed by atoms with Crippen molar-refractivity contribution in [3.63, 3.8) is 0 Å². The Hall–Kier alpha value is -1.45. The molecule has 0 aromatic carbocycles. The van der Waals surface area contributed by atoms with Gasteiger partial charge in [-0.1, -0.05) is 0 Å². The summed E-state index contributed by atoms with van der Waals surface area (Å²) in [4.78, 5) is 20.1. The van der Waals surface area contributed by atoms with E-state index in [4.69, 9.17) is 0 Å². The molecule has 11 heavy (non-hydrogen) atoms. The summed E-state index contributed by atoms with van der Waals surface area (Å²) in [5, 5.41) is 0. The lowest BCUT2D eigenvalue weighted by molar-refractivity contribution is 0.0827. The van der Waals surface area contributed by atoms with Crippen LogP contribution in [0.1, 0.15) is 10.4 Å². The van der Waals surface area contributed by atoms with Crippen LogP contribution in [0.2, 0.25) is 0 Å². The first-order valence-corrected chi connectivity index (χ1v) is 3.18. The number of hydrogen-bond acceptors (Lipinski definition) is 3. The summed E-state index contributed by atoms with van der Waals surface area (Å²) in [6.45, 7) is 0. The molecule has 4 heteroatoms. The van der Waals surface area contributed by atoms with Crippen LogP contribution in [-0.4, -0.2) is 34.9 Å². The molecule has 0 fully saturated rings. The third kappa shape index (κ3) is 1.73. The van der Waals surface area contributed by atoms with Gasteiger partial charge in [0.1, 0.15) is 6.33 Å². The molecule has 1 amide bonds. The van der Waals surface area contributed by atoms with Crippen molar-refractivity contribution < 1.29 is 4.79 Å². The SMILES string of the molecule is CN(C)C(=O)c1cncnc1. The highest BCUT2D eigenvalue weighted by Crippen LogP contribution is 1.95. The van der Waals surface area contributed by atoms with Crippen LogP contribution >= 0.6 is 0 Å². The fourth-order valence-electron chi connectivity index (χ4n) is 0.668. The van der Waals surface area contributed by atoms with Gasteiger partial charge in [-0.05, 0) is 0 Å². The van der Waals surface area contributed by atoms with E-state index in [-0.39, 0.29) is 5.91 Å². The summed E-state index contributed by atoms with van der Waals surface area (Å²) in [6.07, 6.45) is 4.39. The lowest BCUT2D eigenvalue weighted by atomic mass is 10.3. The van der Waals surface area contributed by atoms with E-state index in [0.29, 0.717) is 5.56 Å². The van der Waals surface area contributed by atoms with Gasteiger partial charge in [0, 0.05) is 26.5 Å². The molecule has 0 aliphatic heterocycles. The Kier molecular flexibility index (Phi) is 2.15. The predicted molar refractivity (Wildman–Crippen MR) is 40.0 cm³/mol. The third-order valence-electron chi connectivity index (χ3n) is 1.21. The zero-order valence-corrected chi connectivity index (χ0v) is 6.48. The summed E-state index contributed by atoms with van der Waals surface area (Å²) in [5.41, 5.74) is 0.512. The molecule has 4 nitrogen and oxygen atoms in total. The van der Waals surface area contributed by atoms with E-state index in [1.54, 1.807) is 14.1 Å². The van der Waals surface area contributed by atoms with Crippen molar-refractivity contribution in [3.05, 3.63) is 24.3 Å². The Bertz CT molecular complexity index is 245. The van der Waals surface area contributed by atoms with Crippen LogP contribution in [0.3, 0.4) is 0 Å². The molecule has 58 valence electrons. The molecule has 1 rings (SSSR count). The maximum absolute atomic E-state index is 11.2. The Morgan fingerprint density at radius 2 is 1.91 bits per heavy atom. The first-order valence-electron chi connectivity index (χ1n) is 3.18. The molecular weight excluding hydrogens is 142 g/mol. The molecule has 0 aliphatic carbocycles. The highest BCUT2D eigenvalue weighted by Gasteiger charge is 2.06. The lowest BCUT2D eigenvalue weighted by Gasteiger charge is -2.08. The molecule has 1 aromatic rings. The highest BCUT2D eigenvalue weighted by molar-refractivity contribution is 5.93. The topological polar surface area (TPSA) is 46.1 Å². The number of hydrogen-bond donors (Lipinski definition) is 0. The number of carbonyl (C=O) groups excluding carboxylic acids is 1. The standard InChI is InChI=1S/C7H9N3O/c1-10(2)7(11)6-3-8-5-9-4-6/h3-5H,1-2H3. The normalized spacial score (nSPS) is 9.27. The minimum atomic E-state index is -0.0781. The van der Waals surface area contributed by atoms with E-state index in [0.717, 1.165) is 0 Å². The van der Waals surface area contributed by atoms with Crippen LogP contribution in [0.25, 0.3) is 0 Å². The summed E-state index contributed by atoms with van der Waals surface area (Å²) in [6, 6.07) is 0. The molecule has 1 heterocycles. The van der Waals surface area contributed by atoms with Gasteiger partial charge in [0.25, 0.3) is 5.91 Å². The Morgan fingerprint density at radius 1 is 1.36 bits per heavy atom. The summed E-state index contributed by atoms with van der Waals surface area (Å²) < 4.78 is 0. The van der Waals surface area contributed by atoms with Crippen LogP contribution < -0.4 is 0 Å². The van der Waals surface area contributed by atoms with E-state index < -0.39 is 0 Å². The molecule has 0 atom stereocenters. The number of carbonyl (C=O) groups is 1. The number of aromatic nitrogens is 2. The smallest absolute Gasteiger partial charge is 0.256 e. The van der Waals surface area contributed by atoms with Crippen molar-refractivity contribution in [2.24, 2.45) is 0 Å². The molecule has 0 radical (unpaired) electrons. The zero-order chi connectivity index (χ0) is 8.27. The Morgan fingerprint density at radius 3 is 2.36 bits per heavy atom. The second-order valence-electron chi connectivity index (χ2n) is 2.33. The van der Waals surface area contributed by atoms with Gasteiger partial charge in [0.05, 0.1) is 5.56 Å². The van der Waals surface area contributed by atoms with Crippen molar-refractivity contribution in [1.82, 2.24) is 14.9 Å². The molecule has 0 saturated heterocycles. The Balaban J connectivity index is 2.86. The number of rotatable bonds is 1. The van der Waals surface area contributed by atoms with Gasteiger partial charge in [-0.3, -0.25) is 4.79 Å². The molecule has 0 saturated carbocycles. The van der Waals surface area contributed by atoms with Crippen LogP contribution in [-0.2, 0) is 0 Å². The van der Waals surface area contributed by atoms with Gasteiger partial charge < -0.3 is 4.90 Å². The minimum Gasteiger partial charge on any atom is -0.345 e. The molecule has 0 bridgehead atoms. The molecular formula is C7H9N3O. The van der Waals surface area contributed by atoms with Crippen molar-refractivity contribution in [2.75, 3.05) is 14.1 Å². The highest BCUT2D eigenvalue weighted by atomic mass is 16.2. The first kappa shape index (κ1) is 7.65. The van der Waals surface area contributed by atoms with Gasteiger partial charge in [-0.2, -0.15) is 0 Å². The minimum absolute atomic E-state index is 0.0781. The monoisotopic (exact) mass is 151 g/mol. The maximum atomic E-state index is 11.2. The van der Waals surface area contributed by atoms with Crippen LogP contribution in [0.5, 0.6) is 0 Å². The van der Waals surface area contributed by atoms with Gasteiger partial charge in [-0.15, -0.1) is 0 Å². The van der Waals surface area contributed by atoms with E-state index >= 15 is 0 Å². The van der Waals surface area contributed by atoms with E-state index in [1.807, 2.05) is 0 Å². The van der Waals surface area contributed by atoms with Crippen LogP contribution in [0.15, 0.2) is 18.7 Å². The summed E-state index contributed by atoms with van der Waals surface area (Å²) in [7, 11) is 3.38.